The highest BCUT2D eigenvalue weighted by atomic mass is 32.1. The van der Waals surface area contributed by atoms with Gasteiger partial charge in [-0.2, -0.15) is 0 Å². The van der Waals surface area contributed by atoms with Gasteiger partial charge in [0.05, 0.1) is 0 Å². The van der Waals surface area contributed by atoms with Crippen molar-refractivity contribution in [2.45, 2.75) is 33.0 Å². The number of rotatable bonds is 5. The van der Waals surface area contributed by atoms with Crippen LogP contribution in [-0.2, 0) is 16.1 Å². The van der Waals surface area contributed by atoms with Gasteiger partial charge in [-0.1, -0.05) is 48.5 Å². The molecule has 3 aromatic rings. The molecular weight excluding hydrogens is 405 g/mol. The number of anilines is 1. The summed E-state index contributed by atoms with van der Waals surface area (Å²) in [4.78, 5) is 25.2. The van der Waals surface area contributed by atoms with Crippen LogP contribution < -0.4 is 5.32 Å². The molecule has 0 fully saturated rings. The number of nitrogens with one attached hydrogen (secondary N) is 1. The summed E-state index contributed by atoms with van der Waals surface area (Å²) in [5, 5.41) is 4.44. The molecule has 1 N–H and O–H groups in total. The highest BCUT2D eigenvalue weighted by Crippen LogP contribution is 2.37. The molecule has 1 aromatic heterocycles. The van der Waals surface area contributed by atoms with Gasteiger partial charge in [0, 0.05) is 16.5 Å². The Kier molecular flexibility index (Phi) is 6.52. The maximum atomic E-state index is 14.4. The summed E-state index contributed by atoms with van der Waals surface area (Å²) < 4.78 is 25.1. The van der Waals surface area contributed by atoms with E-state index >= 15 is 0 Å². The van der Waals surface area contributed by atoms with Crippen LogP contribution in [0.3, 0.4) is 0 Å². The molecule has 5 nitrogen and oxygen atoms in total. The fourth-order valence-electron chi connectivity index (χ4n) is 2.72. The van der Waals surface area contributed by atoms with Crippen LogP contribution in [0, 0.1) is 5.82 Å². The molecule has 30 heavy (non-hydrogen) atoms. The summed E-state index contributed by atoms with van der Waals surface area (Å²) in [6.45, 7) is 5.26. The summed E-state index contributed by atoms with van der Waals surface area (Å²) in [5.41, 5.74) is 0.797. The third kappa shape index (κ3) is 5.45. The van der Waals surface area contributed by atoms with E-state index in [4.69, 9.17) is 9.47 Å². The van der Waals surface area contributed by atoms with Crippen molar-refractivity contribution in [1.82, 2.24) is 0 Å². The second-order valence-corrected chi connectivity index (χ2v) is 8.40. The van der Waals surface area contributed by atoms with Gasteiger partial charge in [0.25, 0.3) is 0 Å². The number of ether oxygens (including phenoxy) is 2. The number of hydrogen-bond acceptors (Lipinski definition) is 5. The van der Waals surface area contributed by atoms with Gasteiger partial charge in [-0.15, -0.1) is 11.3 Å². The van der Waals surface area contributed by atoms with E-state index in [0.717, 1.165) is 16.9 Å². The molecule has 2 aromatic carbocycles. The molecule has 0 saturated carbocycles. The SMILES string of the molecule is CC(C)(C)OC(=O)Nc1scc(-c2ccccc2F)c1C(=O)OCc1ccccc1. The highest BCUT2D eigenvalue weighted by molar-refractivity contribution is 7.15. The first-order valence-electron chi connectivity index (χ1n) is 9.32. The Morgan fingerprint density at radius 3 is 2.33 bits per heavy atom. The molecular formula is C23H22FNO4S. The lowest BCUT2D eigenvalue weighted by Crippen LogP contribution is -2.27. The van der Waals surface area contributed by atoms with Crippen molar-refractivity contribution in [2.75, 3.05) is 5.32 Å². The lowest BCUT2D eigenvalue weighted by atomic mass is 10.0. The lowest BCUT2D eigenvalue weighted by molar-refractivity contribution is 0.0475. The normalized spacial score (nSPS) is 11.1. The van der Waals surface area contributed by atoms with E-state index in [1.165, 1.54) is 6.07 Å². The van der Waals surface area contributed by atoms with Crippen LogP contribution in [0.2, 0.25) is 0 Å². The monoisotopic (exact) mass is 427 g/mol. The number of carbonyl (C=O) groups is 2. The molecule has 1 amide bonds. The van der Waals surface area contributed by atoms with E-state index in [0.29, 0.717) is 5.56 Å². The molecule has 0 atom stereocenters. The summed E-state index contributed by atoms with van der Waals surface area (Å²) in [7, 11) is 0. The number of carbonyl (C=O) groups excluding carboxylic acids is 2. The maximum absolute atomic E-state index is 14.4. The lowest BCUT2D eigenvalue weighted by Gasteiger charge is -2.19. The molecule has 3 rings (SSSR count). The van der Waals surface area contributed by atoms with Gasteiger partial charge in [-0.25, -0.2) is 14.0 Å². The van der Waals surface area contributed by atoms with Gasteiger partial charge in [0.2, 0.25) is 0 Å². The Labute approximate surface area is 178 Å². The third-order valence-electron chi connectivity index (χ3n) is 3.99. The predicted octanol–water partition coefficient (Wildman–Crippen LogP) is 6.26. The summed E-state index contributed by atoms with van der Waals surface area (Å²) in [6, 6.07) is 15.3. The Morgan fingerprint density at radius 2 is 1.67 bits per heavy atom. The van der Waals surface area contributed by atoms with Gasteiger partial charge in [0.15, 0.2) is 0 Å². The largest absolute Gasteiger partial charge is 0.457 e. The van der Waals surface area contributed by atoms with Crippen molar-refractivity contribution in [2.24, 2.45) is 0 Å². The second kappa shape index (κ2) is 9.09. The molecule has 0 spiro atoms. The van der Waals surface area contributed by atoms with Crippen LogP contribution in [0.4, 0.5) is 14.2 Å². The molecule has 1 heterocycles. The zero-order valence-corrected chi connectivity index (χ0v) is 17.7. The zero-order valence-electron chi connectivity index (χ0n) is 16.9. The maximum Gasteiger partial charge on any atom is 0.412 e. The van der Waals surface area contributed by atoms with E-state index in [9.17, 15) is 14.0 Å². The number of esters is 1. The van der Waals surface area contributed by atoms with Gasteiger partial charge in [-0.3, -0.25) is 5.32 Å². The van der Waals surface area contributed by atoms with E-state index in [-0.39, 0.29) is 22.7 Å². The van der Waals surface area contributed by atoms with Crippen LogP contribution in [0.5, 0.6) is 0 Å². The van der Waals surface area contributed by atoms with E-state index in [1.54, 1.807) is 44.4 Å². The van der Waals surface area contributed by atoms with Crippen molar-refractivity contribution >= 4 is 28.4 Å². The molecule has 0 unspecified atom stereocenters. The molecule has 0 bridgehead atoms. The first-order valence-corrected chi connectivity index (χ1v) is 10.2. The minimum Gasteiger partial charge on any atom is -0.457 e. The van der Waals surface area contributed by atoms with E-state index < -0.39 is 23.5 Å². The minimum absolute atomic E-state index is 0.0537. The van der Waals surface area contributed by atoms with E-state index in [1.807, 2.05) is 30.3 Å². The quantitative estimate of drug-likeness (QED) is 0.488. The van der Waals surface area contributed by atoms with Gasteiger partial charge >= 0.3 is 12.1 Å². The van der Waals surface area contributed by atoms with Gasteiger partial charge < -0.3 is 9.47 Å². The molecule has 0 aliphatic carbocycles. The van der Waals surface area contributed by atoms with Crippen molar-refractivity contribution in [1.29, 1.82) is 0 Å². The summed E-state index contributed by atoms with van der Waals surface area (Å²) in [5.74, 6) is -1.14. The molecule has 0 radical (unpaired) electrons. The van der Waals surface area contributed by atoms with Crippen LogP contribution in [0.15, 0.2) is 60.0 Å². The first kappa shape index (κ1) is 21.5. The zero-order chi connectivity index (χ0) is 21.7. The molecule has 0 aliphatic rings. The average Bonchev–Trinajstić information content (AvgIpc) is 3.09. The van der Waals surface area contributed by atoms with Crippen LogP contribution in [-0.4, -0.2) is 17.7 Å². The molecule has 156 valence electrons. The Balaban J connectivity index is 1.92. The van der Waals surface area contributed by atoms with Gasteiger partial charge in [0.1, 0.15) is 28.6 Å². The van der Waals surface area contributed by atoms with Crippen LogP contribution >= 0.6 is 11.3 Å². The standard InChI is InChI=1S/C23H22FNO4S/c1-23(2,3)29-22(27)25-20-19(21(26)28-13-15-9-5-4-6-10-15)17(14-30-20)16-11-7-8-12-18(16)24/h4-12,14H,13H2,1-3H3,(H,25,27). The fraction of sp³-hybridized carbons (Fsp3) is 0.217. The number of halogens is 1. The Morgan fingerprint density at radius 1 is 1.00 bits per heavy atom. The van der Waals surface area contributed by atoms with Crippen LogP contribution in [0.25, 0.3) is 11.1 Å². The Bertz CT molecular complexity index is 1040. The smallest absolute Gasteiger partial charge is 0.412 e. The van der Waals surface area contributed by atoms with Crippen molar-refractivity contribution in [3.63, 3.8) is 0 Å². The summed E-state index contributed by atoms with van der Waals surface area (Å²) >= 11 is 1.10. The number of amides is 1. The van der Waals surface area contributed by atoms with Crippen LogP contribution in [0.1, 0.15) is 36.7 Å². The van der Waals surface area contributed by atoms with Crippen molar-refractivity contribution in [3.8, 4) is 11.1 Å². The van der Waals surface area contributed by atoms with Crippen molar-refractivity contribution < 1.29 is 23.5 Å². The number of benzene rings is 2. The topological polar surface area (TPSA) is 64.6 Å². The van der Waals surface area contributed by atoms with E-state index in [2.05, 4.69) is 5.32 Å². The second-order valence-electron chi connectivity index (χ2n) is 7.52. The third-order valence-corrected chi connectivity index (χ3v) is 4.88. The summed E-state index contributed by atoms with van der Waals surface area (Å²) in [6.07, 6.45) is -0.707. The first-order chi connectivity index (χ1) is 14.2. The predicted molar refractivity (Wildman–Crippen MR) is 115 cm³/mol. The number of thiophene rings is 1. The minimum atomic E-state index is -0.707. The highest BCUT2D eigenvalue weighted by Gasteiger charge is 2.26. The number of hydrogen-bond donors (Lipinski definition) is 1. The van der Waals surface area contributed by atoms with Gasteiger partial charge in [-0.05, 0) is 32.4 Å². The Hall–Kier alpha value is -3.19. The molecule has 7 heteroatoms. The fourth-order valence-corrected chi connectivity index (χ4v) is 3.66. The van der Waals surface area contributed by atoms with Crippen molar-refractivity contribution in [3.05, 3.63) is 76.9 Å². The average molecular weight is 427 g/mol. The molecule has 0 saturated heterocycles. The molecule has 0 aliphatic heterocycles.